The average Bonchev–Trinajstić information content (AvgIpc) is 2.40. The monoisotopic (exact) mass is 1200 g/mol. The minimum absolute atomic E-state index is 0.0209. The first kappa shape index (κ1) is 61.7. The normalized spacial score (nSPS) is 16.2. The molecule has 86 heavy (non-hydrogen) atoms. The third kappa shape index (κ3) is 15.3. The van der Waals surface area contributed by atoms with Crippen LogP contribution >= 0.6 is 10.0 Å². The van der Waals surface area contributed by atoms with Gasteiger partial charge in [-0.2, -0.15) is 5.48 Å². The zero-order valence-corrected chi connectivity index (χ0v) is 50.3. The molecule has 4 heterocycles. The molecule has 4 aliphatic rings. The number of nitrogens with zero attached hydrogens (tertiary/aromatic N) is 3. The summed E-state index contributed by atoms with van der Waals surface area (Å²) in [6.45, 7) is 4.32. The molecule has 4 atom stereocenters. The van der Waals surface area contributed by atoms with Crippen molar-refractivity contribution in [3.05, 3.63) is 124 Å². The van der Waals surface area contributed by atoms with Crippen molar-refractivity contribution in [3.8, 4) is 23.0 Å². The molecule has 5 aromatic carbocycles. The number of nitrogens with one attached hydrogen (secondary N) is 6. The Morgan fingerprint density at radius 2 is 1.30 bits per heavy atom. The van der Waals surface area contributed by atoms with E-state index in [1.165, 1.54) is 28.1 Å². The van der Waals surface area contributed by atoms with Crippen LogP contribution in [0, 0.1) is 0 Å². The van der Waals surface area contributed by atoms with Crippen molar-refractivity contribution >= 4 is 86.2 Å². The van der Waals surface area contributed by atoms with E-state index in [1.54, 1.807) is 47.5 Å². The molecule has 7 amide bonds. The molecule has 5 aromatic rings. The van der Waals surface area contributed by atoms with E-state index in [-0.39, 0.29) is 62.5 Å². The molecule has 6 N–H and O–H groups in total. The van der Waals surface area contributed by atoms with Gasteiger partial charge in [0.25, 0.3) is 11.8 Å². The number of amides is 7. The van der Waals surface area contributed by atoms with Gasteiger partial charge in [-0.25, -0.2) is 14.8 Å². The lowest BCUT2D eigenvalue weighted by Gasteiger charge is -2.24. The number of hydroxylamine groups is 1. The van der Waals surface area contributed by atoms with Crippen LogP contribution in [0.5, 0.6) is 23.0 Å². The first-order chi connectivity index (χ1) is 41.4. The average molecular weight is 1200 g/mol. The smallest absolute Gasteiger partial charge is 0.431 e. The number of carbonyl (C=O) groups is 7. The van der Waals surface area contributed by atoms with E-state index in [0.717, 1.165) is 34.7 Å². The molecular weight excluding hydrogens is 1120 g/mol. The first-order valence-electron chi connectivity index (χ1n) is 28.7. The van der Waals surface area contributed by atoms with E-state index in [1.807, 2.05) is 59.5 Å². The van der Waals surface area contributed by atoms with Gasteiger partial charge >= 0.3 is 6.09 Å². The number of aliphatic imine (C=N–C) groups is 1. The topological polar surface area (TPSA) is 266 Å². The SMILES string of the molecule is COc1cc2c(cc1OCc1cc(COc3cc4c(cc3OC)C(=O)N3c5ccccc5C[C@H]3CN4)cc(NC(=O)[C@H](C)NC(=O)[C@H](C)NC(=O)CCCCC(=O)NCCCONC(=O)OCCS(C)(C)C)c1)N=C[C@@H]1Cc3ccccc3N1C2=O. The second-order valence-corrected chi connectivity index (χ2v) is 27.0. The summed E-state index contributed by atoms with van der Waals surface area (Å²) in [5, 5.41) is 14.5. The summed E-state index contributed by atoms with van der Waals surface area (Å²) >= 11 is 0. The summed E-state index contributed by atoms with van der Waals surface area (Å²) in [5.74, 6) is 0.0567. The van der Waals surface area contributed by atoms with Crippen LogP contribution < -0.4 is 60.8 Å². The van der Waals surface area contributed by atoms with E-state index in [0.29, 0.717) is 108 Å². The summed E-state index contributed by atoms with van der Waals surface area (Å²) in [6, 6.07) is 25.4. The van der Waals surface area contributed by atoms with Gasteiger partial charge in [-0.05, 0) is 123 Å². The number of methoxy groups -OCH3 is 2. The summed E-state index contributed by atoms with van der Waals surface area (Å²) < 4.78 is 29.6. The number of rotatable bonds is 26. The van der Waals surface area contributed by atoms with E-state index < -0.39 is 45.9 Å². The van der Waals surface area contributed by atoms with Crippen molar-refractivity contribution in [3.63, 3.8) is 0 Å². The minimum atomic E-state index is -1.05. The number of fused-ring (bicyclic) bond motifs is 8. The number of unbranched alkanes of at least 4 members (excludes halogenated alkanes) is 1. The molecular formula is C63H75N9O13S. The van der Waals surface area contributed by atoms with Crippen molar-refractivity contribution in [2.45, 2.75) is 96.2 Å². The van der Waals surface area contributed by atoms with Gasteiger partial charge in [-0.1, -0.05) is 36.4 Å². The molecule has 4 aliphatic heterocycles. The Kier molecular flexibility index (Phi) is 20.0. The molecule has 0 unspecified atom stereocenters. The quantitative estimate of drug-likeness (QED) is 0.0231. The molecule has 0 spiro atoms. The maximum atomic E-state index is 14.2. The van der Waals surface area contributed by atoms with Crippen LogP contribution in [0.2, 0.25) is 0 Å². The fourth-order valence-corrected chi connectivity index (χ4v) is 11.1. The van der Waals surface area contributed by atoms with Crippen molar-refractivity contribution in [2.75, 3.05) is 85.5 Å². The fourth-order valence-electron chi connectivity index (χ4n) is 10.5. The molecule has 0 aromatic heterocycles. The highest BCUT2D eigenvalue weighted by Crippen LogP contribution is 2.43. The third-order valence-corrected chi connectivity index (χ3v) is 16.4. The van der Waals surface area contributed by atoms with Gasteiger partial charge in [0.15, 0.2) is 23.0 Å². The number of anilines is 4. The Bertz CT molecular complexity index is 3410. The lowest BCUT2D eigenvalue weighted by Crippen LogP contribution is -2.50. The standard InChI is InChI=1S/C63H75N9O13S/c1-38(67-58(74)20-13-12-19-57(73)64-21-14-22-85-70-63(79)82-23-24-86(5,6)7)59(75)68-39(2)60(76)69-44-26-40(36-83-55-32-49-47(30-53(55)80-3)61(77)71-45(34-65-49)28-42-15-8-10-17-51(42)71)25-41(27-44)37-84-56-33-50-48(31-54(56)81-4)62(78)72-46(35-66-50)29-43-16-9-11-18-52(43)72/h8-11,15-18,25-27,30-34,38-39,45-46,66H,12-14,19-24,28-29,35-37H2,1-7H3,(H,64,73)(H,67,74)(H,68,75)(H,69,76)(H,70,79)/t38-,39-,45-,46-/m0/s1. The highest BCUT2D eigenvalue weighted by Gasteiger charge is 2.39. The molecule has 456 valence electrons. The molecule has 0 aliphatic carbocycles. The van der Waals surface area contributed by atoms with Gasteiger partial charge in [0, 0.05) is 73.5 Å². The number of benzene rings is 5. The zero-order valence-electron chi connectivity index (χ0n) is 49.5. The van der Waals surface area contributed by atoms with E-state index in [9.17, 15) is 33.6 Å². The molecule has 0 bridgehead atoms. The van der Waals surface area contributed by atoms with Crippen LogP contribution in [-0.4, -0.2) is 137 Å². The van der Waals surface area contributed by atoms with Gasteiger partial charge in [0.1, 0.15) is 31.9 Å². The Morgan fingerprint density at radius 1 is 0.686 bits per heavy atom. The van der Waals surface area contributed by atoms with Gasteiger partial charge in [-0.15, -0.1) is 0 Å². The van der Waals surface area contributed by atoms with Crippen LogP contribution in [0.4, 0.5) is 33.2 Å². The van der Waals surface area contributed by atoms with E-state index in [4.69, 9.17) is 33.5 Å². The number of carbonyl (C=O) groups excluding carboxylic acids is 7. The second kappa shape index (κ2) is 27.9. The van der Waals surface area contributed by atoms with Gasteiger partial charge in [-0.3, -0.25) is 43.5 Å². The maximum absolute atomic E-state index is 14.2. The minimum Gasteiger partial charge on any atom is -0.493 e. The van der Waals surface area contributed by atoms with Crippen LogP contribution in [0.15, 0.2) is 96.0 Å². The van der Waals surface area contributed by atoms with Crippen LogP contribution in [0.3, 0.4) is 0 Å². The summed E-state index contributed by atoms with van der Waals surface area (Å²) in [4.78, 5) is 106. The van der Waals surface area contributed by atoms with E-state index >= 15 is 0 Å². The highest BCUT2D eigenvalue weighted by atomic mass is 32.3. The van der Waals surface area contributed by atoms with Crippen molar-refractivity contribution in [1.29, 1.82) is 0 Å². The van der Waals surface area contributed by atoms with Crippen molar-refractivity contribution in [1.82, 2.24) is 21.4 Å². The zero-order chi connectivity index (χ0) is 61.1. The number of para-hydroxylation sites is 2. The second-order valence-electron chi connectivity index (χ2n) is 22.4. The molecule has 0 radical (unpaired) electrons. The highest BCUT2D eigenvalue weighted by molar-refractivity contribution is 8.32. The molecule has 23 heteroatoms. The summed E-state index contributed by atoms with van der Waals surface area (Å²) in [6.07, 6.45) is 10.4. The predicted octanol–water partition coefficient (Wildman–Crippen LogP) is 7.51. The van der Waals surface area contributed by atoms with E-state index in [2.05, 4.69) is 50.8 Å². The molecule has 0 fully saturated rings. The third-order valence-electron chi connectivity index (χ3n) is 15.0. The largest absolute Gasteiger partial charge is 0.493 e. The number of hydrogen-bond acceptors (Lipinski definition) is 15. The van der Waals surface area contributed by atoms with Crippen LogP contribution in [0.1, 0.15) is 88.9 Å². The molecule has 0 saturated heterocycles. The fraction of sp³-hybridized carbons (Fsp3) is 0.397. The predicted molar refractivity (Wildman–Crippen MR) is 330 cm³/mol. The summed E-state index contributed by atoms with van der Waals surface area (Å²) in [5.41, 5.74) is 9.52. The van der Waals surface area contributed by atoms with Gasteiger partial charge in [0.05, 0.1) is 55.4 Å². The Morgan fingerprint density at radius 3 is 1.99 bits per heavy atom. The Balaban J connectivity index is 0.813. The number of ether oxygens (including phenoxy) is 5. The van der Waals surface area contributed by atoms with Crippen LogP contribution in [0.25, 0.3) is 0 Å². The first-order valence-corrected chi connectivity index (χ1v) is 31.7. The number of hydrogen-bond donors (Lipinski definition) is 6. The van der Waals surface area contributed by atoms with Crippen molar-refractivity contribution < 1.29 is 62.1 Å². The molecule has 9 rings (SSSR count). The van der Waals surface area contributed by atoms with Crippen molar-refractivity contribution in [2.24, 2.45) is 4.99 Å². The van der Waals surface area contributed by atoms with Gasteiger partial charge in [0.2, 0.25) is 23.6 Å². The maximum Gasteiger partial charge on any atom is 0.431 e. The Hall–Kier alpha value is -8.83. The lowest BCUT2D eigenvalue weighted by molar-refractivity contribution is -0.130. The molecule has 22 nitrogen and oxygen atoms in total. The van der Waals surface area contributed by atoms with Gasteiger partial charge < -0.3 is 55.2 Å². The summed E-state index contributed by atoms with van der Waals surface area (Å²) in [7, 11) is 2.22. The lowest BCUT2D eigenvalue weighted by atomic mass is 10.1. The Labute approximate surface area is 501 Å². The van der Waals surface area contributed by atoms with Crippen LogP contribution in [-0.2, 0) is 54.8 Å². The molecule has 0 saturated carbocycles.